The van der Waals surface area contributed by atoms with Crippen LogP contribution in [0.3, 0.4) is 0 Å². The molecule has 0 saturated heterocycles. The van der Waals surface area contributed by atoms with Gasteiger partial charge in [-0.05, 0) is 67.1 Å². The number of rotatable bonds is 7. The van der Waals surface area contributed by atoms with Gasteiger partial charge in [-0.3, -0.25) is 4.68 Å². The highest BCUT2D eigenvalue weighted by molar-refractivity contribution is 14.1. The molecule has 0 saturated carbocycles. The molecule has 1 aromatic heterocycles. The minimum Gasteiger partial charge on any atom is -0.310 e. The van der Waals surface area contributed by atoms with Gasteiger partial charge in [0.1, 0.15) is 0 Å². The van der Waals surface area contributed by atoms with E-state index in [0.29, 0.717) is 12.1 Å². The van der Waals surface area contributed by atoms with Crippen molar-refractivity contribution in [1.82, 2.24) is 15.1 Å². The normalized spacial score (nSPS) is 12.8. The average molecular weight is 397 g/mol. The summed E-state index contributed by atoms with van der Waals surface area (Å²) in [6, 6.07) is 11.5. The maximum atomic E-state index is 4.69. The van der Waals surface area contributed by atoms with Gasteiger partial charge in [0.15, 0.2) is 0 Å². The molecule has 0 amide bonds. The Hall–Kier alpha value is -0.880. The van der Waals surface area contributed by atoms with Crippen molar-refractivity contribution in [2.75, 3.05) is 6.54 Å². The molecule has 1 heterocycles. The molecule has 0 spiro atoms. The molecule has 2 aromatic rings. The SMILES string of the molecule is CCCNC(Cc1ccn(C(C)C)n1)c1ccccc1I. The highest BCUT2D eigenvalue weighted by atomic mass is 127. The van der Waals surface area contributed by atoms with Gasteiger partial charge in [-0.2, -0.15) is 5.10 Å². The van der Waals surface area contributed by atoms with Crippen molar-refractivity contribution in [1.29, 1.82) is 0 Å². The molecule has 0 aliphatic rings. The predicted molar refractivity (Wildman–Crippen MR) is 96.5 cm³/mol. The number of hydrogen-bond acceptors (Lipinski definition) is 2. The molecule has 0 aliphatic heterocycles. The second-order valence-electron chi connectivity index (χ2n) is 5.61. The van der Waals surface area contributed by atoms with Gasteiger partial charge in [-0.25, -0.2) is 0 Å². The minimum atomic E-state index is 0.327. The number of aromatic nitrogens is 2. The van der Waals surface area contributed by atoms with Gasteiger partial charge >= 0.3 is 0 Å². The van der Waals surface area contributed by atoms with Crippen LogP contribution in [0.2, 0.25) is 0 Å². The number of nitrogens with zero attached hydrogens (tertiary/aromatic N) is 2. The molecule has 114 valence electrons. The summed E-state index contributed by atoms with van der Waals surface area (Å²) in [5.74, 6) is 0. The van der Waals surface area contributed by atoms with Gasteiger partial charge in [0, 0.05) is 28.3 Å². The Morgan fingerprint density at radius 1 is 1.24 bits per heavy atom. The maximum absolute atomic E-state index is 4.69. The second-order valence-corrected chi connectivity index (χ2v) is 6.78. The van der Waals surface area contributed by atoms with Crippen molar-refractivity contribution in [3.05, 3.63) is 51.4 Å². The topological polar surface area (TPSA) is 29.9 Å². The predicted octanol–water partition coefficient (Wildman–Crippen LogP) is 4.35. The first-order valence-electron chi connectivity index (χ1n) is 7.63. The fraction of sp³-hybridized carbons (Fsp3) is 0.471. The average Bonchev–Trinajstić information content (AvgIpc) is 2.93. The van der Waals surface area contributed by atoms with Gasteiger partial charge in [-0.15, -0.1) is 0 Å². The van der Waals surface area contributed by atoms with Crippen LogP contribution in [0, 0.1) is 3.57 Å². The highest BCUT2D eigenvalue weighted by Gasteiger charge is 2.15. The van der Waals surface area contributed by atoms with E-state index in [0.717, 1.165) is 25.1 Å². The molecule has 0 fully saturated rings. The first-order chi connectivity index (χ1) is 10.1. The van der Waals surface area contributed by atoms with Gasteiger partial charge in [-0.1, -0.05) is 25.1 Å². The first-order valence-corrected chi connectivity index (χ1v) is 8.71. The monoisotopic (exact) mass is 397 g/mol. The van der Waals surface area contributed by atoms with E-state index in [1.54, 1.807) is 0 Å². The Balaban J connectivity index is 2.18. The molecule has 2 rings (SSSR count). The Kier molecular flexibility index (Phi) is 6.23. The summed E-state index contributed by atoms with van der Waals surface area (Å²) in [6.07, 6.45) is 4.15. The standard InChI is InChI=1S/C17H24IN3/c1-4-10-19-17(15-7-5-6-8-16(15)18)12-14-9-11-21(20-14)13(2)3/h5-9,11,13,17,19H,4,10,12H2,1-3H3. The van der Waals surface area contributed by atoms with E-state index >= 15 is 0 Å². The van der Waals surface area contributed by atoms with Crippen molar-refractivity contribution in [3.63, 3.8) is 0 Å². The molecule has 3 nitrogen and oxygen atoms in total. The van der Waals surface area contributed by atoms with Crippen LogP contribution in [-0.2, 0) is 6.42 Å². The molecule has 0 aliphatic carbocycles. The van der Waals surface area contributed by atoms with Crippen molar-refractivity contribution in [2.24, 2.45) is 0 Å². The van der Waals surface area contributed by atoms with Crippen LogP contribution in [-0.4, -0.2) is 16.3 Å². The van der Waals surface area contributed by atoms with Crippen LogP contribution in [0.4, 0.5) is 0 Å². The highest BCUT2D eigenvalue weighted by Crippen LogP contribution is 2.23. The van der Waals surface area contributed by atoms with Gasteiger partial charge < -0.3 is 5.32 Å². The van der Waals surface area contributed by atoms with E-state index in [-0.39, 0.29) is 0 Å². The molecule has 0 bridgehead atoms. The Morgan fingerprint density at radius 2 is 2.00 bits per heavy atom. The molecule has 1 aromatic carbocycles. The largest absolute Gasteiger partial charge is 0.310 e. The molecule has 1 atom stereocenters. The molecule has 4 heteroatoms. The first kappa shape index (κ1) is 16.5. The third-order valence-corrected chi connectivity index (χ3v) is 4.51. The van der Waals surface area contributed by atoms with Gasteiger partial charge in [0.05, 0.1) is 5.69 Å². The number of benzene rings is 1. The number of hydrogen-bond donors (Lipinski definition) is 1. The Labute approximate surface area is 141 Å². The maximum Gasteiger partial charge on any atom is 0.0643 e. The van der Waals surface area contributed by atoms with E-state index in [2.05, 4.69) is 90.3 Å². The molecule has 21 heavy (non-hydrogen) atoms. The number of nitrogens with one attached hydrogen (secondary N) is 1. The minimum absolute atomic E-state index is 0.327. The summed E-state index contributed by atoms with van der Waals surface area (Å²) in [7, 11) is 0. The zero-order valence-electron chi connectivity index (χ0n) is 13.0. The van der Waals surface area contributed by atoms with E-state index in [1.807, 2.05) is 4.68 Å². The van der Waals surface area contributed by atoms with Crippen LogP contribution in [0.1, 0.15) is 50.5 Å². The smallest absolute Gasteiger partial charge is 0.0643 e. The lowest BCUT2D eigenvalue weighted by atomic mass is 10.0. The van der Waals surface area contributed by atoms with Crippen molar-refractivity contribution < 1.29 is 0 Å². The Bertz CT molecular complexity index is 563. The van der Waals surface area contributed by atoms with Crippen molar-refractivity contribution >= 4 is 22.6 Å². The zero-order chi connectivity index (χ0) is 15.2. The molecule has 0 radical (unpaired) electrons. The van der Waals surface area contributed by atoms with Crippen LogP contribution < -0.4 is 5.32 Å². The lowest BCUT2D eigenvalue weighted by Crippen LogP contribution is -2.25. The van der Waals surface area contributed by atoms with Gasteiger partial charge in [0.2, 0.25) is 0 Å². The lowest BCUT2D eigenvalue weighted by Gasteiger charge is -2.19. The van der Waals surface area contributed by atoms with Gasteiger partial charge in [0.25, 0.3) is 0 Å². The fourth-order valence-corrected chi connectivity index (χ4v) is 3.11. The molecular weight excluding hydrogens is 373 g/mol. The van der Waals surface area contributed by atoms with Crippen molar-refractivity contribution in [2.45, 2.75) is 45.7 Å². The van der Waals surface area contributed by atoms with Crippen LogP contribution in [0.5, 0.6) is 0 Å². The van der Waals surface area contributed by atoms with Crippen molar-refractivity contribution in [3.8, 4) is 0 Å². The van der Waals surface area contributed by atoms with Crippen LogP contribution in [0.25, 0.3) is 0 Å². The molecule has 1 N–H and O–H groups in total. The molecular formula is C17H24IN3. The summed E-state index contributed by atoms with van der Waals surface area (Å²) in [6.45, 7) is 7.54. The van der Waals surface area contributed by atoms with Crippen LogP contribution >= 0.6 is 22.6 Å². The summed E-state index contributed by atoms with van der Waals surface area (Å²) >= 11 is 2.42. The summed E-state index contributed by atoms with van der Waals surface area (Å²) in [4.78, 5) is 0. The third kappa shape index (κ3) is 4.54. The lowest BCUT2D eigenvalue weighted by molar-refractivity contribution is 0.498. The number of halogens is 1. The summed E-state index contributed by atoms with van der Waals surface area (Å²) in [5, 5.41) is 8.35. The zero-order valence-corrected chi connectivity index (χ0v) is 15.2. The van der Waals surface area contributed by atoms with E-state index in [9.17, 15) is 0 Å². The van der Waals surface area contributed by atoms with Crippen LogP contribution in [0.15, 0.2) is 36.5 Å². The van der Waals surface area contributed by atoms with E-state index in [4.69, 9.17) is 0 Å². The quantitative estimate of drug-likeness (QED) is 0.704. The Morgan fingerprint density at radius 3 is 2.62 bits per heavy atom. The molecule has 1 unspecified atom stereocenters. The second kappa shape index (κ2) is 7.94. The summed E-state index contributed by atoms with van der Waals surface area (Å²) < 4.78 is 3.34. The summed E-state index contributed by atoms with van der Waals surface area (Å²) in [5.41, 5.74) is 2.52. The van der Waals surface area contributed by atoms with E-state index < -0.39 is 0 Å². The van der Waals surface area contributed by atoms with E-state index in [1.165, 1.54) is 9.13 Å². The fourth-order valence-electron chi connectivity index (χ4n) is 2.35. The third-order valence-electron chi connectivity index (χ3n) is 3.53.